The van der Waals surface area contributed by atoms with Gasteiger partial charge in [0.15, 0.2) is 0 Å². The molecule has 0 bridgehead atoms. The summed E-state index contributed by atoms with van der Waals surface area (Å²) in [4.78, 5) is 4.38. The molecule has 1 N–H and O–H groups in total. The zero-order valence-electron chi connectivity index (χ0n) is 10.4. The van der Waals surface area contributed by atoms with Crippen LogP contribution in [0, 0.1) is 0 Å². The van der Waals surface area contributed by atoms with Crippen LogP contribution >= 0.6 is 0 Å². The molecule has 2 aromatic rings. The Hall–Kier alpha value is -1.77. The van der Waals surface area contributed by atoms with Gasteiger partial charge in [-0.05, 0) is 36.1 Å². The van der Waals surface area contributed by atoms with E-state index in [1.165, 1.54) is 6.42 Å². The molecular formula is C14H18N2O. The number of rotatable bonds is 5. The molecule has 0 aliphatic heterocycles. The third kappa shape index (κ3) is 2.67. The van der Waals surface area contributed by atoms with Crippen molar-refractivity contribution in [1.82, 2.24) is 4.98 Å². The van der Waals surface area contributed by atoms with Crippen LogP contribution in [0.1, 0.15) is 19.8 Å². The Balaban J connectivity index is 2.30. The summed E-state index contributed by atoms with van der Waals surface area (Å²) in [5, 5.41) is 5.67. The molecule has 0 saturated heterocycles. The van der Waals surface area contributed by atoms with Crippen LogP contribution in [0.5, 0.6) is 5.75 Å². The number of hydrogen-bond acceptors (Lipinski definition) is 3. The van der Waals surface area contributed by atoms with E-state index in [1.807, 2.05) is 24.4 Å². The van der Waals surface area contributed by atoms with Crippen molar-refractivity contribution in [3.8, 4) is 5.75 Å². The van der Waals surface area contributed by atoms with Crippen LogP contribution in [-0.2, 0) is 0 Å². The number of aromatic nitrogens is 1. The fourth-order valence-corrected chi connectivity index (χ4v) is 1.81. The van der Waals surface area contributed by atoms with Crippen LogP contribution in [0.2, 0.25) is 0 Å². The minimum atomic E-state index is 0.878. The Morgan fingerprint density at radius 1 is 1.29 bits per heavy atom. The van der Waals surface area contributed by atoms with Crippen molar-refractivity contribution in [1.29, 1.82) is 0 Å². The molecule has 0 atom stereocenters. The second-order valence-corrected chi connectivity index (χ2v) is 4.03. The van der Waals surface area contributed by atoms with Crippen LogP contribution in [0.4, 0.5) is 5.82 Å². The maximum Gasteiger partial charge on any atom is 0.133 e. The highest BCUT2D eigenvalue weighted by Crippen LogP contribution is 2.25. The summed E-state index contributed by atoms with van der Waals surface area (Å²) in [5.74, 6) is 1.84. The Bertz CT molecular complexity index is 497. The van der Waals surface area contributed by atoms with E-state index in [2.05, 4.69) is 23.3 Å². The van der Waals surface area contributed by atoms with Gasteiger partial charge in [0.2, 0.25) is 0 Å². The highest BCUT2D eigenvalue weighted by Gasteiger charge is 2.02. The van der Waals surface area contributed by atoms with Crippen molar-refractivity contribution in [2.45, 2.75) is 19.8 Å². The summed E-state index contributed by atoms with van der Waals surface area (Å²) >= 11 is 0. The summed E-state index contributed by atoms with van der Waals surface area (Å²) < 4.78 is 5.22. The first-order chi connectivity index (χ1) is 8.35. The molecule has 0 fully saturated rings. The van der Waals surface area contributed by atoms with E-state index in [0.29, 0.717) is 0 Å². The first kappa shape index (κ1) is 11.7. The lowest BCUT2D eigenvalue weighted by Gasteiger charge is -2.09. The lowest BCUT2D eigenvalue weighted by Crippen LogP contribution is -2.03. The van der Waals surface area contributed by atoms with Gasteiger partial charge in [0, 0.05) is 18.1 Å². The van der Waals surface area contributed by atoms with Gasteiger partial charge in [-0.1, -0.05) is 13.3 Å². The van der Waals surface area contributed by atoms with Crippen LogP contribution in [0.3, 0.4) is 0 Å². The third-order valence-corrected chi connectivity index (χ3v) is 2.79. The van der Waals surface area contributed by atoms with Crippen molar-refractivity contribution >= 4 is 16.6 Å². The summed E-state index contributed by atoms with van der Waals surface area (Å²) in [6, 6.07) is 8.05. The van der Waals surface area contributed by atoms with E-state index in [0.717, 1.165) is 35.3 Å². The van der Waals surface area contributed by atoms with Gasteiger partial charge in [0.1, 0.15) is 11.6 Å². The lowest BCUT2D eigenvalue weighted by molar-refractivity contribution is 0.415. The molecule has 0 aliphatic rings. The minimum Gasteiger partial charge on any atom is -0.497 e. The van der Waals surface area contributed by atoms with Gasteiger partial charge >= 0.3 is 0 Å². The molecule has 0 saturated carbocycles. The van der Waals surface area contributed by atoms with Gasteiger partial charge in [0.25, 0.3) is 0 Å². The molecule has 2 rings (SSSR count). The minimum absolute atomic E-state index is 0.878. The molecule has 17 heavy (non-hydrogen) atoms. The average Bonchev–Trinajstić information content (AvgIpc) is 2.38. The SMILES string of the molecule is CCCCNc1nccc2cc(OC)ccc12. The first-order valence-corrected chi connectivity index (χ1v) is 6.01. The highest BCUT2D eigenvalue weighted by atomic mass is 16.5. The molecule has 1 aromatic heterocycles. The largest absolute Gasteiger partial charge is 0.497 e. The van der Waals surface area contributed by atoms with Gasteiger partial charge < -0.3 is 10.1 Å². The predicted molar refractivity (Wildman–Crippen MR) is 71.7 cm³/mol. The summed E-state index contributed by atoms with van der Waals surface area (Å²) in [6.45, 7) is 3.15. The number of benzene rings is 1. The summed E-state index contributed by atoms with van der Waals surface area (Å²) in [5.41, 5.74) is 0. The number of nitrogens with one attached hydrogen (secondary N) is 1. The van der Waals surface area contributed by atoms with E-state index < -0.39 is 0 Å². The zero-order valence-corrected chi connectivity index (χ0v) is 10.4. The maximum atomic E-state index is 5.22. The topological polar surface area (TPSA) is 34.2 Å². The smallest absolute Gasteiger partial charge is 0.133 e. The third-order valence-electron chi connectivity index (χ3n) is 2.79. The Morgan fingerprint density at radius 3 is 2.94 bits per heavy atom. The van der Waals surface area contributed by atoms with Crippen molar-refractivity contribution in [2.24, 2.45) is 0 Å². The summed E-state index contributed by atoms with van der Waals surface area (Å²) in [7, 11) is 1.68. The number of fused-ring (bicyclic) bond motifs is 1. The highest BCUT2D eigenvalue weighted by molar-refractivity contribution is 5.92. The average molecular weight is 230 g/mol. The predicted octanol–water partition coefficient (Wildman–Crippen LogP) is 3.46. The zero-order chi connectivity index (χ0) is 12.1. The van der Waals surface area contributed by atoms with Crippen molar-refractivity contribution < 1.29 is 4.74 Å². The Kier molecular flexibility index (Phi) is 3.81. The van der Waals surface area contributed by atoms with Gasteiger partial charge in [-0.3, -0.25) is 0 Å². The van der Waals surface area contributed by atoms with E-state index in [-0.39, 0.29) is 0 Å². The van der Waals surface area contributed by atoms with Crippen LogP contribution in [0.15, 0.2) is 30.5 Å². The first-order valence-electron chi connectivity index (χ1n) is 6.01. The van der Waals surface area contributed by atoms with Gasteiger partial charge in [-0.2, -0.15) is 0 Å². The quantitative estimate of drug-likeness (QED) is 0.799. The molecule has 0 spiro atoms. The molecule has 3 nitrogen and oxygen atoms in total. The number of pyridine rings is 1. The molecule has 0 aliphatic carbocycles. The van der Waals surface area contributed by atoms with Crippen molar-refractivity contribution in [2.75, 3.05) is 19.0 Å². The number of anilines is 1. The molecule has 0 unspecified atom stereocenters. The fraction of sp³-hybridized carbons (Fsp3) is 0.357. The fourth-order valence-electron chi connectivity index (χ4n) is 1.81. The number of ether oxygens (including phenoxy) is 1. The number of hydrogen-bond donors (Lipinski definition) is 1. The van der Waals surface area contributed by atoms with Crippen molar-refractivity contribution in [3.05, 3.63) is 30.5 Å². The van der Waals surface area contributed by atoms with E-state index >= 15 is 0 Å². The van der Waals surface area contributed by atoms with Gasteiger partial charge in [-0.25, -0.2) is 4.98 Å². The lowest BCUT2D eigenvalue weighted by atomic mass is 10.1. The van der Waals surface area contributed by atoms with E-state index in [4.69, 9.17) is 4.74 Å². The van der Waals surface area contributed by atoms with Crippen LogP contribution in [-0.4, -0.2) is 18.6 Å². The van der Waals surface area contributed by atoms with Crippen molar-refractivity contribution in [3.63, 3.8) is 0 Å². The molecule has 0 radical (unpaired) electrons. The Labute approximate surface area is 102 Å². The van der Waals surface area contributed by atoms with Crippen LogP contribution < -0.4 is 10.1 Å². The molecule has 90 valence electrons. The molecular weight excluding hydrogens is 212 g/mol. The van der Waals surface area contributed by atoms with Gasteiger partial charge in [0.05, 0.1) is 7.11 Å². The molecule has 3 heteroatoms. The number of methoxy groups -OCH3 is 1. The molecule has 0 amide bonds. The van der Waals surface area contributed by atoms with Crippen LogP contribution in [0.25, 0.3) is 10.8 Å². The Morgan fingerprint density at radius 2 is 2.18 bits per heavy atom. The normalized spacial score (nSPS) is 10.5. The summed E-state index contributed by atoms with van der Waals surface area (Å²) in [6.07, 6.45) is 4.18. The second-order valence-electron chi connectivity index (χ2n) is 4.03. The molecule has 1 aromatic carbocycles. The monoisotopic (exact) mass is 230 g/mol. The van der Waals surface area contributed by atoms with Gasteiger partial charge in [-0.15, -0.1) is 0 Å². The standard InChI is InChI=1S/C14H18N2O/c1-3-4-8-15-14-13-6-5-12(17-2)10-11(13)7-9-16-14/h5-7,9-10H,3-4,8H2,1-2H3,(H,15,16). The molecule has 1 heterocycles. The maximum absolute atomic E-state index is 5.22. The number of nitrogens with zero attached hydrogens (tertiary/aromatic N) is 1. The van der Waals surface area contributed by atoms with E-state index in [1.54, 1.807) is 7.11 Å². The number of unbranched alkanes of at least 4 members (excludes halogenated alkanes) is 1. The second kappa shape index (κ2) is 5.53. The van der Waals surface area contributed by atoms with E-state index in [9.17, 15) is 0 Å².